The van der Waals surface area contributed by atoms with Crippen LogP contribution in [0.25, 0.3) is 11.3 Å². The molecule has 1 amide bonds. The Morgan fingerprint density at radius 3 is 2.79 bits per heavy atom. The first-order valence-electron chi connectivity index (χ1n) is 7.45. The van der Waals surface area contributed by atoms with Crippen LogP contribution in [-0.2, 0) is 17.0 Å². The Balaban J connectivity index is 1.51. The molecule has 1 aliphatic rings. The molecule has 120 valence electrons. The lowest BCUT2D eigenvalue weighted by Gasteiger charge is -2.13. The van der Waals surface area contributed by atoms with Crippen molar-refractivity contribution in [2.75, 3.05) is 5.32 Å². The minimum atomic E-state index is -0.303. The Bertz CT molecular complexity index is 906. The van der Waals surface area contributed by atoms with E-state index in [4.69, 9.17) is 0 Å². The molecule has 1 aliphatic heterocycles. The Morgan fingerprint density at radius 2 is 1.96 bits per heavy atom. The summed E-state index contributed by atoms with van der Waals surface area (Å²) in [6, 6.07) is 14.1. The molecule has 3 aromatic rings. The maximum atomic E-state index is 12.9. The first-order chi connectivity index (χ1) is 11.7. The fraction of sp³-hybridized carbons (Fsp3) is 0.111. The lowest BCUT2D eigenvalue weighted by molar-refractivity contribution is -0.115. The maximum absolute atomic E-state index is 12.9. The number of rotatable bonds is 3. The Hall–Kier alpha value is -2.18. The number of thioether (sulfide) groups is 1. The van der Waals surface area contributed by atoms with E-state index in [9.17, 15) is 9.18 Å². The standard InChI is InChI=1S/C18H13FN2OS2/c19-12-7-5-11(6-8-12)9-16(22)20-18-21-17-13-3-1-2-4-14(13)23-10-15(17)24-18/h1-8H,9-10H2,(H,20,21,22). The van der Waals surface area contributed by atoms with E-state index < -0.39 is 0 Å². The predicted octanol–water partition coefficient (Wildman–Crippen LogP) is 4.74. The van der Waals surface area contributed by atoms with Gasteiger partial charge in [-0.05, 0) is 23.8 Å². The van der Waals surface area contributed by atoms with Crippen molar-refractivity contribution in [2.45, 2.75) is 17.1 Å². The van der Waals surface area contributed by atoms with Crippen LogP contribution in [0.3, 0.4) is 0 Å². The SMILES string of the molecule is O=C(Cc1ccc(F)cc1)Nc1nc2c(s1)CSc1ccccc1-2. The van der Waals surface area contributed by atoms with Gasteiger partial charge in [0.25, 0.3) is 0 Å². The van der Waals surface area contributed by atoms with Crippen LogP contribution in [0, 0.1) is 5.82 Å². The van der Waals surface area contributed by atoms with Crippen molar-refractivity contribution in [3.8, 4) is 11.3 Å². The van der Waals surface area contributed by atoms with Gasteiger partial charge in [0.05, 0.1) is 12.1 Å². The van der Waals surface area contributed by atoms with Crippen LogP contribution in [0.1, 0.15) is 10.4 Å². The summed E-state index contributed by atoms with van der Waals surface area (Å²) in [5.41, 5.74) is 2.86. The Kier molecular flexibility index (Phi) is 4.08. The third-order valence-electron chi connectivity index (χ3n) is 3.72. The van der Waals surface area contributed by atoms with E-state index in [2.05, 4.69) is 22.4 Å². The van der Waals surface area contributed by atoms with Crippen LogP contribution in [0.2, 0.25) is 0 Å². The Morgan fingerprint density at radius 1 is 1.17 bits per heavy atom. The van der Waals surface area contributed by atoms with Crippen molar-refractivity contribution in [3.05, 3.63) is 64.8 Å². The van der Waals surface area contributed by atoms with Crippen LogP contribution in [0.4, 0.5) is 9.52 Å². The van der Waals surface area contributed by atoms with Crippen molar-refractivity contribution in [3.63, 3.8) is 0 Å². The molecule has 6 heteroatoms. The van der Waals surface area contributed by atoms with Crippen molar-refractivity contribution < 1.29 is 9.18 Å². The van der Waals surface area contributed by atoms with Gasteiger partial charge in [-0.3, -0.25) is 4.79 Å². The largest absolute Gasteiger partial charge is 0.302 e. The zero-order valence-corrected chi connectivity index (χ0v) is 14.2. The highest BCUT2D eigenvalue weighted by molar-refractivity contribution is 7.98. The number of nitrogens with one attached hydrogen (secondary N) is 1. The van der Waals surface area contributed by atoms with E-state index in [1.165, 1.54) is 33.2 Å². The zero-order chi connectivity index (χ0) is 16.5. The quantitative estimate of drug-likeness (QED) is 0.737. The van der Waals surface area contributed by atoms with Gasteiger partial charge >= 0.3 is 0 Å². The highest BCUT2D eigenvalue weighted by Gasteiger charge is 2.21. The lowest BCUT2D eigenvalue weighted by atomic mass is 10.1. The highest BCUT2D eigenvalue weighted by atomic mass is 32.2. The zero-order valence-electron chi connectivity index (χ0n) is 12.6. The number of carbonyl (C=O) groups excluding carboxylic acids is 1. The van der Waals surface area contributed by atoms with Crippen molar-refractivity contribution >= 4 is 34.1 Å². The third kappa shape index (κ3) is 3.07. The van der Waals surface area contributed by atoms with Crippen molar-refractivity contribution in [1.29, 1.82) is 0 Å². The molecule has 24 heavy (non-hydrogen) atoms. The van der Waals surface area contributed by atoms with Crippen LogP contribution in [-0.4, -0.2) is 10.9 Å². The average molecular weight is 356 g/mol. The van der Waals surface area contributed by atoms with Gasteiger partial charge in [0.15, 0.2) is 5.13 Å². The Labute approximate surface area is 146 Å². The van der Waals surface area contributed by atoms with Crippen LogP contribution in [0.15, 0.2) is 53.4 Å². The smallest absolute Gasteiger partial charge is 0.230 e. The number of carbonyl (C=O) groups is 1. The summed E-state index contributed by atoms with van der Waals surface area (Å²) in [5, 5.41) is 3.47. The summed E-state index contributed by atoms with van der Waals surface area (Å²) < 4.78 is 12.9. The molecule has 0 bridgehead atoms. The molecule has 0 aliphatic carbocycles. The number of amides is 1. The van der Waals surface area contributed by atoms with Gasteiger partial charge in [-0.25, -0.2) is 9.37 Å². The summed E-state index contributed by atoms with van der Waals surface area (Å²) >= 11 is 3.31. The number of hydrogen-bond donors (Lipinski definition) is 1. The number of aromatic nitrogens is 1. The molecule has 2 aromatic carbocycles. The molecule has 0 spiro atoms. The molecular weight excluding hydrogens is 343 g/mol. The molecule has 0 saturated carbocycles. The van der Waals surface area contributed by atoms with Crippen molar-refractivity contribution in [1.82, 2.24) is 4.98 Å². The van der Waals surface area contributed by atoms with Gasteiger partial charge in [-0.15, -0.1) is 23.1 Å². The minimum absolute atomic E-state index is 0.145. The fourth-order valence-corrected chi connectivity index (χ4v) is 4.71. The molecule has 0 saturated heterocycles. The van der Waals surface area contributed by atoms with E-state index in [0.717, 1.165) is 22.6 Å². The lowest BCUT2D eigenvalue weighted by Crippen LogP contribution is -2.14. The second kappa shape index (κ2) is 6.37. The van der Waals surface area contributed by atoms with Crippen molar-refractivity contribution in [2.24, 2.45) is 0 Å². The number of thiazole rings is 1. The molecule has 2 heterocycles. The van der Waals surface area contributed by atoms with Gasteiger partial charge in [0, 0.05) is 21.1 Å². The number of fused-ring (bicyclic) bond motifs is 3. The van der Waals surface area contributed by atoms with Gasteiger partial charge in [-0.2, -0.15) is 0 Å². The summed E-state index contributed by atoms with van der Waals surface area (Å²) in [5.74, 6) is 0.425. The number of benzene rings is 2. The normalized spacial score (nSPS) is 12.4. The van der Waals surface area contributed by atoms with Crippen LogP contribution < -0.4 is 5.32 Å². The molecule has 0 unspecified atom stereocenters. The maximum Gasteiger partial charge on any atom is 0.230 e. The van der Waals surface area contributed by atoms with Gasteiger partial charge in [0.1, 0.15) is 5.82 Å². The minimum Gasteiger partial charge on any atom is -0.302 e. The first kappa shape index (κ1) is 15.4. The van der Waals surface area contributed by atoms with Gasteiger partial charge in [0.2, 0.25) is 5.91 Å². The number of anilines is 1. The van der Waals surface area contributed by atoms with E-state index >= 15 is 0 Å². The van der Waals surface area contributed by atoms with E-state index in [0.29, 0.717) is 5.13 Å². The molecule has 4 rings (SSSR count). The van der Waals surface area contributed by atoms with E-state index in [1.807, 2.05) is 12.1 Å². The summed E-state index contributed by atoms with van der Waals surface area (Å²) in [4.78, 5) is 19.2. The van der Waals surface area contributed by atoms with E-state index in [1.54, 1.807) is 23.9 Å². The third-order valence-corrected chi connectivity index (χ3v) is 5.98. The summed E-state index contributed by atoms with van der Waals surface area (Å²) in [7, 11) is 0. The summed E-state index contributed by atoms with van der Waals surface area (Å²) in [6.07, 6.45) is 0.204. The highest BCUT2D eigenvalue weighted by Crippen LogP contribution is 2.44. The van der Waals surface area contributed by atoms with Crippen LogP contribution >= 0.6 is 23.1 Å². The topological polar surface area (TPSA) is 42.0 Å². The predicted molar refractivity (Wildman–Crippen MR) is 95.8 cm³/mol. The molecule has 3 nitrogen and oxygen atoms in total. The molecule has 1 aromatic heterocycles. The summed E-state index contributed by atoms with van der Waals surface area (Å²) in [6.45, 7) is 0. The molecular formula is C18H13FN2OS2. The fourth-order valence-electron chi connectivity index (χ4n) is 2.60. The van der Waals surface area contributed by atoms with Gasteiger partial charge in [-0.1, -0.05) is 30.3 Å². The second-order valence-electron chi connectivity index (χ2n) is 5.43. The molecule has 0 radical (unpaired) electrons. The van der Waals surface area contributed by atoms with Crippen LogP contribution in [0.5, 0.6) is 0 Å². The molecule has 0 atom stereocenters. The molecule has 0 fully saturated rings. The molecule has 1 N–H and O–H groups in total. The number of hydrogen-bond acceptors (Lipinski definition) is 4. The average Bonchev–Trinajstić information content (AvgIpc) is 2.99. The monoisotopic (exact) mass is 356 g/mol. The van der Waals surface area contributed by atoms with Gasteiger partial charge < -0.3 is 5.32 Å². The number of halogens is 1. The van der Waals surface area contributed by atoms with E-state index in [-0.39, 0.29) is 18.1 Å². The first-order valence-corrected chi connectivity index (χ1v) is 9.25. The number of nitrogens with zero attached hydrogens (tertiary/aromatic N) is 1. The second-order valence-corrected chi connectivity index (χ2v) is 7.53.